The molecule has 2 nitrogen and oxygen atoms in total. The number of thioether (sulfide) groups is 2. The van der Waals surface area contributed by atoms with Crippen LogP contribution in [0.2, 0.25) is 0 Å². The van der Waals surface area contributed by atoms with E-state index < -0.39 is 0 Å². The van der Waals surface area contributed by atoms with Gasteiger partial charge in [0.05, 0.1) is 0 Å². The van der Waals surface area contributed by atoms with Crippen LogP contribution >= 0.6 is 39.5 Å². The van der Waals surface area contributed by atoms with E-state index in [1.807, 2.05) is 41.9 Å². The minimum atomic E-state index is 0.228. The summed E-state index contributed by atoms with van der Waals surface area (Å²) in [7, 11) is 0. The molecule has 1 fully saturated rings. The molecule has 0 aromatic carbocycles. The van der Waals surface area contributed by atoms with Crippen LogP contribution in [0.3, 0.4) is 0 Å². The van der Waals surface area contributed by atoms with E-state index in [9.17, 15) is 0 Å². The van der Waals surface area contributed by atoms with Crippen LogP contribution in [0.15, 0.2) is 22.8 Å². The first kappa shape index (κ1) is 12.7. The SMILES string of the molecule is NC(Cc1ccc(Br)cn1)C1CSCCS1. The second-order valence-corrected chi connectivity index (χ2v) is 7.23. The lowest BCUT2D eigenvalue weighted by molar-refractivity contribution is 0.653. The van der Waals surface area contributed by atoms with E-state index in [1.165, 1.54) is 17.3 Å². The summed E-state index contributed by atoms with van der Waals surface area (Å²) in [6.07, 6.45) is 2.72. The molecule has 0 radical (unpaired) electrons. The van der Waals surface area contributed by atoms with E-state index in [0.29, 0.717) is 5.25 Å². The van der Waals surface area contributed by atoms with Crippen molar-refractivity contribution in [1.82, 2.24) is 4.98 Å². The molecule has 1 aromatic rings. The molecule has 1 saturated heterocycles. The first-order chi connectivity index (χ1) is 7.75. The van der Waals surface area contributed by atoms with Crippen molar-refractivity contribution in [2.75, 3.05) is 17.3 Å². The van der Waals surface area contributed by atoms with E-state index >= 15 is 0 Å². The molecule has 0 spiro atoms. The zero-order valence-corrected chi connectivity index (χ0v) is 12.2. The Morgan fingerprint density at radius 2 is 2.38 bits per heavy atom. The van der Waals surface area contributed by atoms with E-state index in [2.05, 4.69) is 20.9 Å². The molecule has 1 aliphatic rings. The minimum absolute atomic E-state index is 0.228. The highest BCUT2D eigenvalue weighted by molar-refractivity contribution is 9.10. The number of rotatable bonds is 3. The van der Waals surface area contributed by atoms with Gasteiger partial charge in [-0.15, -0.1) is 0 Å². The van der Waals surface area contributed by atoms with Crippen LogP contribution in [0, 0.1) is 0 Å². The van der Waals surface area contributed by atoms with Crippen molar-refractivity contribution in [2.24, 2.45) is 5.73 Å². The molecule has 0 bridgehead atoms. The Morgan fingerprint density at radius 3 is 3.00 bits per heavy atom. The van der Waals surface area contributed by atoms with Crippen LogP contribution in [0.1, 0.15) is 5.69 Å². The predicted molar refractivity (Wildman–Crippen MR) is 77.2 cm³/mol. The lowest BCUT2D eigenvalue weighted by atomic mass is 10.1. The fourth-order valence-corrected chi connectivity index (χ4v) is 4.71. The number of pyridine rings is 1. The van der Waals surface area contributed by atoms with Crippen LogP contribution in [0.25, 0.3) is 0 Å². The van der Waals surface area contributed by atoms with Gasteiger partial charge in [0.2, 0.25) is 0 Å². The Balaban J connectivity index is 1.90. The van der Waals surface area contributed by atoms with Crippen molar-refractivity contribution < 1.29 is 0 Å². The lowest BCUT2D eigenvalue weighted by Crippen LogP contribution is -2.38. The number of nitrogens with two attached hydrogens (primary N) is 1. The first-order valence-electron chi connectivity index (χ1n) is 5.31. The normalized spacial score (nSPS) is 23.0. The van der Waals surface area contributed by atoms with Gasteiger partial charge in [-0.25, -0.2) is 0 Å². The van der Waals surface area contributed by atoms with Gasteiger partial charge >= 0.3 is 0 Å². The zero-order chi connectivity index (χ0) is 11.4. The molecule has 5 heteroatoms. The van der Waals surface area contributed by atoms with E-state index in [-0.39, 0.29) is 6.04 Å². The average molecular weight is 319 g/mol. The fourth-order valence-electron chi connectivity index (χ4n) is 1.65. The second kappa shape index (κ2) is 6.28. The molecule has 16 heavy (non-hydrogen) atoms. The van der Waals surface area contributed by atoms with Crippen molar-refractivity contribution in [2.45, 2.75) is 17.7 Å². The summed E-state index contributed by atoms with van der Waals surface area (Å²) in [6.45, 7) is 0. The maximum absolute atomic E-state index is 6.23. The summed E-state index contributed by atoms with van der Waals surface area (Å²) in [4.78, 5) is 4.37. The van der Waals surface area contributed by atoms with Gasteiger partial charge < -0.3 is 5.73 Å². The number of halogens is 1. The van der Waals surface area contributed by atoms with E-state index in [0.717, 1.165) is 16.6 Å². The largest absolute Gasteiger partial charge is 0.326 e. The number of hydrogen-bond donors (Lipinski definition) is 1. The molecule has 0 aliphatic carbocycles. The van der Waals surface area contributed by atoms with Crippen LogP contribution in [-0.4, -0.2) is 33.5 Å². The van der Waals surface area contributed by atoms with Gasteiger partial charge in [0.25, 0.3) is 0 Å². The Morgan fingerprint density at radius 1 is 1.50 bits per heavy atom. The average Bonchev–Trinajstić information content (AvgIpc) is 2.33. The van der Waals surface area contributed by atoms with Gasteiger partial charge in [0.15, 0.2) is 0 Å². The van der Waals surface area contributed by atoms with Crippen molar-refractivity contribution in [1.29, 1.82) is 0 Å². The van der Waals surface area contributed by atoms with Crippen molar-refractivity contribution >= 4 is 39.5 Å². The smallest absolute Gasteiger partial charge is 0.0420 e. The Kier molecular flexibility index (Phi) is 5.00. The van der Waals surface area contributed by atoms with Crippen LogP contribution < -0.4 is 5.73 Å². The van der Waals surface area contributed by atoms with Gasteiger partial charge in [-0.2, -0.15) is 23.5 Å². The molecule has 2 rings (SSSR count). The summed E-state index contributed by atoms with van der Waals surface area (Å²) in [5, 5.41) is 0.587. The van der Waals surface area contributed by atoms with E-state index in [1.54, 1.807) is 0 Å². The predicted octanol–water partition coefficient (Wildman–Crippen LogP) is 2.56. The molecule has 2 unspecified atom stereocenters. The molecule has 1 aromatic heterocycles. The maximum Gasteiger partial charge on any atom is 0.0420 e. The van der Waals surface area contributed by atoms with Crippen molar-refractivity contribution in [3.8, 4) is 0 Å². The molecule has 0 saturated carbocycles. The second-order valence-electron chi connectivity index (χ2n) is 3.82. The minimum Gasteiger partial charge on any atom is -0.326 e. The van der Waals surface area contributed by atoms with Gasteiger partial charge in [-0.1, -0.05) is 0 Å². The van der Waals surface area contributed by atoms with Crippen LogP contribution in [-0.2, 0) is 6.42 Å². The summed E-state index contributed by atoms with van der Waals surface area (Å²) < 4.78 is 1.02. The highest BCUT2D eigenvalue weighted by Gasteiger charge is 2.21. The standard InChI is InChI=1S/C11H15BrN2S2/c12-8-1-2-9(14-6-8)5-10(13)11-7-15-3-4-16-11/h1-2,6,10-11H,3-5,7,13H2. The monoisotopic (exact) mass is 318 g/mol. The van der Waals surface area contributed by atoms with Crippen molar-refractivity contribution in [3.05, 3.63) is 28.5 Å². The molecule has 2 atom stereocenters. The molecule has 2 heterocycles. The third-order valence-corrected chi connectivity index (χ3v) is 5.96. The molecule has 1 aliphatic heterocycles. The van der Waals surface area contributed by atoms with Gasteiger partial charge in [-0.05, 0) is 28.1 Å². The highest BCUT2D eigenvalue weighted by atomic mass is 79.9. The topological polar surface area (TPSA) is 38.9 Å². The van der Waals surface area contributed by atoms with Gasteiger partial charge in [0, 0.05) is 51.3 Å². The summed E-state index contributed by atoms with van der Waals surface area (Å²) in [6, 6.07) is 4.30. The van der Waals surface area contributed by atoms with Gasteiger partial charge in [-0.3, -0.25) is 4.98 Å². The molecule has 88 valence electrons. The summed E-state index contributed by atoms with van der Waals surface area (Å²) >= 11 is 7.41. The first-order valence-corrected chi connectivity index (χ1v) is 8.31. The Bertz CT molecular complexity index is 325. The number of nitrogens with zero attached hydrogens (tertiary/aromatic N) is 1. The molecule has 0 amide bonds. The number of hydrogen-bond acceptors (Lipinski definition) is 4. The summed E-state index contributed by atoms with van der Waals surface area (Å²) in [5.74, 6) is 3.68. The maximum atomic E-state index is 6.23. The van der Waals surface area contributed by atoms with Crippen molar-refractivity contribution in [3.63, 3.8) is 0 Å². The molecular formula is C11H15BrN2S2. The summed E-state index contributed by atoms with van der Waals surface area (Å²) in [5.41, 5.74) is 7.32. The van der Waals surface area contributed by atoms with Gasteiger partial charge in [0.1, 0.15) is 0 Å². The molecule has 2 N–H and O–H groups in total. The Labute approximate surface area is 113 Å². The van der Waals surface area contributed by atoms with Crippen LogP contribution in [0.5, 0.6) is 0 Å². The quantitative estimate of drug-likeness (QED) is 0.929. The Hall–Kier alpha value is 0.290. The fraction of sp³-hybridized carbons (Fsp3) is 0.545. The third-order valence-electron chi connectivity index (χ3n) is 2.55. The third kappa shape index (κ3) is 3.65. The highest BCUT2D eigenvalue weighted by Crippen LogP contribution is 2.26. The lowest BCUT2D eigenvalue weighted by Gasteiger charge is -2.26. The molecular weight excluding hydrogens is 304 g/mol. The van der Waals surface area contributed by atoms with Crippen LogP contribution in [0.4, 0.5) is 0 Å². The number of aromatic nitrogens is 1. The van der Waals surface area contributed by atoms with E-state index in [4.69, 9.17) is 5.73 Å². The zero-order valence-electron chi connectivity index (χ0n) is 8.93.